The molecule has 0 aliphatic heterocycles. The molecular weight excluding hydrogens is 573 g/mol. The molecule has 1 N–H and O–H groups in total. The molecule has 0 aliphatic carbocycles. The summed E-state index contributed by atoms with van der Waals surface area (Å²) in [6, 6.07) is 8.81. The van der Waals surface area contributed by atoms with Gasteiger partial charge >= 0.3 is 0 Å². The van der Waals surface area contributed by atoms with E-state index in [4.69, 9.17) is 39.5 Å². The van der Waals surface area contributed by atoms with Crippen LogP contribution in [0, 0.1) is 0 Å². The molecule has 2 amide bonds. The van der Waals surface area contributed by atoms with Gasteiger partial charge in [-0.2, -0.15) is 0 Å². The van der Waals surface area contributed by atoms with Gasteiger partial charge in [0.2, 0.25) is 21.8 Å². The van der Waals surface area contributed by atoms with Crippen LogP contribution in [0.2, 0.25) is 15.1 Å². The van der Waals surface area contributed by atoms with E-state index in [0.717, 1.165) is 6.26 Å². The maximum absolute atomic E-state index is 13.5. The van der Waals surface area contributed by atoms with E-state index in [1.165, 1.54) is 22.4 Å². The highest BCUT2D eigenvalue weighted by Gasteiger charge is 2.29. The van der Waals surface area contributed by atoms with Crippen LogP contribution in [0.4, 0.5) is 5.69 Å². The van der Waals surface area contributed by atoms with Crippen molar-refractivity contribution in [1.82, 2.24) is 10.2 Å². The van der Waals surface area contributed by atoms with Gasteiger partial charge in [-0.05, 0) is 62.6 Å². The van der Waals surface area contributed by atoms with E-state index in [9.17, 15) is 18.0 Å². The van der Waals surface area contributed by atoms with E-state index in [0.29, 0.717) is 33.5 Å². The number of sulfonamides is 1. The summed E-state index contributed by atoms with van der Waals surface area (Å²) in [5.41, 5.74) is 1.00. The van der Waals surface area contributed by atoms with Gasteiger partial charge in [-0.25, -0.2) is 8.42 Å². The third-order valence-electron chi connectivity index (χ3n) is 5.75. The molecular formula is C26H34Cl3N3O5S. The van der Waals surface area contributed by atoms with Crippen LogP contribution >= 0.6 is 34.8 Å². The Morgan fingerprint density at radius 1 is 1.05 bits per heavy atom. The van der Waals surface area contributed by atoms with Crippen molar-refractivity contribution in [3.63, 3.8) is 0 Å². The Balaban J connectivity index is 2.27. The molecule has 1 atom stereocenters. The van der Waals surface area contributed by atoms with Crippen LogP contribution in [-0.2, 0) is 26.2 Å². The van der Waals surface area contributed by atoms with Crippen LogP contribution < -0.4 is 14.4 Å². The van der Waals surface area contributed by atoms with E-state index in [1.807, 2.05) is 20.8 Å². The Kier molecular flexibility index (Phi) is 12.0. The number of benzene rings is 2. The van der Waals surface area contributed by atoms with Crippen LogP contribution in [0.5, 0.6) is 5.75 Å². The largest absolute Gasteiger partial charge is 0.495 e. The average Bonchev–Trinajstić information content (AvgIpc) is 2.81. The first-order valence-electron chi connectivity index (χ1n) is 12.1. The van der Waals surface area contributed by atoms with Crippen molar-refractivity contribution < 1.29 is 22.7 Å². The Hall–Kier alpha value is -2.20. The third-order valence-corrected chi connectivity index (χ3v) is 7.82. The van der Waals surface area contributed by atoms with E-state index in [-0.39, 0.29) is 48.8 Å². The van der Waals surface area contributed by atoms with Crippen molar-refractivity contribution >= 4 is 62.3 Å². The summed E-state index contributed by atoms with van der Waals surface area (Å²) in [4.78, 5) is 28.0. The number of nitrogens with zero attached hydrogens (tertiary/aromatic N) is 2. The fourth-order valence-electron chi connectivity index (χ4n) is 3.95. The molecule has 38 heavy (non-hydrogen) atoms. The first kappa shape index (κ1) is 32.0. The van der Waals surface area contributed by atoms with Crippen LogP contribution in [0.1, 0.15) is 45.6 Å². The molecule has 0 saturated carbocycles. The number of rotatable bonds is 13. The maximum atomic E-state index is 13.5. The number of nitrogens with one attached hydrogen (secondary N) is 1. The van der Waals surface area contributed by atoms with Gasteiger partial charge in [-0.3, -0.25) is 13.9 Å². The minimum absolute atomic E-state index is 0.00652. The Morgan fingerprint density at radius 2 is 1.74 bits per heavy atom. The van der Waals surface area contributed by atoms with Gasteiger partial charge in [-0.15, -0.1) is 0 Å². The lowest BCUT2D eigenvalue weighted by molar-refractivity contribution is -0.141. The topological polar surface area (TPSA) is 96.0 Å². The summed E-state index contributed by atoms with van der Waals surface area (Å²) < 4.78 is 31.4. The second kappa shape index (κ2) is 14.3. The molecule has 0 unspecified atom stereocenters. The predicted molar refractivity (Wildman–Crippen MR) is 154 cm³/mol. The zero-order chi connectivity index (χ0) is 28.6. The Morgan fingerprint density at radius 3 is 2.26 bits per heavy atom. The first-order chi connectivity index (χ1) is 17.8. The number of halogens is 3. The maximum Gasteiger partial charge on any atom is 0.243 e. The second-order valence-electron chi connectivity index (χ2n) is 9.10. The summed E-state index contributed by atoms with van der Waals surface area (Å²) in [7, 11) is -2.20. The highest BCUT2D eigenvalue weighted by molar-refractivity contribution is 7.92. The Labute approximate surface area is 240 Å². The van der Waals surface area contributed by atoms with Crippen molar-refractivity contribution in [1.29, 1.82) is 0 Å². The fourth-order valence-corrected chi connectivity index (χ4v) is 5.63. The lowest BCUT2D eigenvalue weighted by Gasteiger charge is -2.32. The molecule has 8 nitrogen and oxygen atoms in total. The van der Waals surface area contributed by atoms with Gasteiger partial charge < -0.3 is 15.0 Å². The number of amides is 2. The van der Waals surface area contributed by atoms with Gasteiger partial charge in [0.05, 0.1) is 24.1 Å². The van der Waals surface area contributed by atoms with Crippen LogP contribution in [-0.4, -0.2) is 57.1 Å². The molecule has 0 aromatic heterocycles. The molecule has 0 saturated heterocycles. The second-order valence-corrected chi connectivity index (χ2v) is 12.3. The van der Waals surface area contributed by atoms with Crippen molar-refractivity contribution in [3.8, 4) is 5.75 Å². The molecule has 0 spiro atoms. The molecule has 0 radical (unpaired) electrons. The van der Waals surface area contributed by atoms with Crippen molar-refractivity contribution in [2.45, 2.75) is 58.7 Å². The molecule has 2 rings (SSSR count). The van der Waals surface area contributed by atoms with Crippen molar-refractivity contribution in [3.05, 3.63) is 57.0 Å². The highest BCUT2D eigenvalue weighted by atomic mass is 35.5. The molecule has 0 bridgehead atoms. The lowest BCUT2D eigenvalue weighted by Crippen LogP contribution is -2.50. The number of hydrogen-bond donors (Lipinski definition) is 1. The number of anilines is 1. The van der Waals surface area contributed by atoms with Gasteiger partial charge in [0.1, 0.15) is 11.8 Å². The zero-order valence-electron chi connectivity index (χ0n) is 22.1. The fraction of sp³-hybridized carbons (Fsp3) is 0.462. The van der Waals surface area contributed by atoms with Gasteiger partial charge in [0, 0.05) is 35.6 Å². The predicted octanol–water partition coefficient (Wildman–Crippen LogP) is 5.53. The van der Waals surface area contributed by atoms with Gasteiger partial charge in [0.25, 0.3) is 0 Å². The van der Waals surface area contributed by atoms with Crippen molar-refractivity contribution in [2.24, 2.45) is 0 Å². The highest BCUT2D eigenvalue weighted by Crippen LogP contribution is 2.30. The zero-order valence-corrected chi connectivity index (χ0v) is 25.2. The standard InChI is InChI=1S/C26H34Cl3N3O5S/c1-6-23(26(34)30-17(2)3)31(16-18-9-10-19(27)14-21(18)28)25(33)8-7-13-32(38(5,35)36)20-11-12-24(37-4)22(29)15-20/h9-12,14-15,17,23H,6-8,13,16H2,1-5H3,(H,30,34)/t23-/m1/s1. The molecule has 2 aromatic carbocycles. The van der Waals surface area contributed by atoms with E-state index >= 15 is 0 Å². The Bertz CT molecular complexity index is 1240. The molecule has 0 fully saturated rings. The number of hydrogen-bond acceptors (Lipinski definition) is 5. The van der Waals surface area contributed by atoms with Crippen LogP contribution in [0.3, 0.4) is 0 Å². The summed E-state index contributed by atoms with van der Waals surface area (Å²) >= 11 is 18.6. The number of ether oxygens (including phenoxy) is 1. The summed E-state index contributed by atoms with van der Waals surface area (Å²) in [5, 5.41) is 3.98. The number of carbonyl (C=O) groups is 2. The number of carbonyl (C=O) groups excluding carboxylic acids is 2. The molecule has 0 aliphatic rings. The SMILES string of the molecule is CC[C@H](C(=O)NC(C)C)N(Cc1ccc(Cl)cc1Cl)C(=O)CCCN(c1ccc(OC)c(Cl)c1)S(C)(=O)=O. The van der Waals surface area contributed by atoms with Crippen molar-refractivity contribution in [2.75, 3.05) is 24.2 Å². The minimum Gasteiger partial charge on any atom is -0.495 e. The van der Waals surface area contributed by atoms with Gasteiger partial charge in [0.15, 0.2) is 0 Å². The summed E-state index contributed by atoms with van der Waals surface area (Å²) in [6.45, 7) is 5.66. The smallest absolute Gasteiger partial charge is 0.243 e. The third kappa shape index (κ3) is 8.93. The monoisotopic (exact) mass is 605 g/mol. The lowest BCUT2D eigenvalue weighted by atomic mass is 10.1. The molecule has 2 aromatic rings. The molecule has 0 heterocycles. The van der Waals surface area contributed by atoms with Crippen LogP contribution in [0.15, 0.2) is 36.4 Å². The minimum atomic E-state index is -3.66. The molecule has 210 valence electrons. The average molecular weight is 607 g/mol. The van der Waals surface area contributed by atoms with Crippen LogP contribution in [0.25, 0.3) is 0 Å². The van der Waals surface area contributed by atoms with E-state index in [1.54, 1.807) is 30.3 Å². The summed E-state index contributed by atoms with van der Waals surface area (Å²) in [5.74, 6) is -0.157. The molecule has 12 heteroatoms. The first-order valence-corrected chi connectivity index (χ1v) is 15.1. The van der Waals surface area contributed by atoms with Gasteiger partial charge in [-0.1, -0.05) is 47.8 Å². The summed E-state index contributed by atoms with van der Waals surface area (Å²) in [6.07, 6.45) is 1.69. The normalized spacial score (nSPS) is 12.2. The quantitative estimate of drug-likeness (QED) is 0.323. The van der Waals surface area contributed by atoms with E-state index in [2.05, 4.69) is 5.32 Å². The van der Waals surface area contributed by atoms with E-state index < -0.39 is 16.1 Å². The number of methoxy groups -OCH3 is 1.